The first-order valence-electron chi connectivity index (χ1n) is 7.00. The molecule has 2 heterocycles. The van der Waals surface area contributed by atoms with E-state index < -0.39 is 0 Å². The van der Waals surface area contributed by atoms with Crippen molar-refractivity contribution >= 4 is 11.8 Å². The fourth-order valence-electron chi connectivity index (χ4n) is 2.53. The first-order valence-corrected chi connectivity index (χ1v) is 7.00. The molecule has 0 bridgehead atoms. The normalized spacial score (nSPS) is 18.6. The minimum absolute atomic E-state index is 0.143. The number of carbonyl (C=O) groups is 2. The first kappa shape index (κ1) is 13.0. The molecule has 1 aromatic rings. The quantitative estimate of drug-likeness (QED) is 0.589. The maximum Gasteiger partial charge on any atom is 0.261 e. The van der Waals surface area contributed by atoms with Gasteiger partial charge in [0.15, 0.2) is 5.66 Å². The summed E-state index contributed by atoms with van der Waals surface area (Å²) >= 11 is 0. The summed E-state index contributed by atoms with van der Waals surface area (Å²) in [5, 5.41) is 7.93. The largest absolute Gasteiger partial charge is 0.274 e. The lowest BCUT2D eigenvalue weighted by atomic mass is 10.1. The van der Waals surface area contributed by atoms with Gasteiger partial charge in [-0.2, -0.15) is 10.2 Å². The Hall–Kier alpha value is -2.04. The Kier molecular flexibility index (Phi) is 3.12. The van der Waals surface area contributed by atoms with Gasteiger partial charge in [-0.05, 0) is 38.3 Å². The third-order valence-corrected chi connectivity index (χ3v) is 3.85. The van der Waals surface area contributed by atoms with Gasteiger partial charge in [-0.25, -0.2) is 0 Å². The minimum atomic E-state index is -0.162. The molecule has 0 spiro atoms. The van der Waals surface area contributed by atoms with Crippen LogP contribution in [0.5, 0.6) is 0 Å². The molecule has 5 heteroatoms. The fraction of sp³-hybridized carbons (Fsp3) is 0.467. The summed E-state index contributed by atoms with van der Waals surface area (Å²) in [4.78, 5) is 25.6. The van der Waals surface area contributed by atoms with Crippen LogP contribution in [0.2, 0.25) is 0 Å². The minimum Gasteiger partial charge on any atom is -0.274 e. The number of hydrogen-bond acceptors (Lipinski definition) is 4. The highest BCUT2D eigenvalue weighted by molar-refractivity contribution is 6.21. The number of carbonyl (C=O) groups excluding carboxylic acids is 2. The average molecular weight is 271 g/mol. The third kappa shape index (κ3) is 2.35. The lowest BCUT2D eigenvalue weighted by Gasteiger charge is -2.13. The molecule has 0 aliphatic carbocycles. The molecule has 2 aliphatic rings. The summed E-state index contributed by atoms with van der Waals surface area (Å²) in [6.07, 6.45) is 3.79. The number of nitrogens with zero attached hydrogens (tertiary/aromatic N) is 3. The van der Waals surface area contributed by atoms with Crippen LogP contribution >= 0.6 is 0 Å². The molecule has 104 valence electrons. The van der Waals surface area contributed by atoms with Gasteiger partial charge in [0.1, 0.15) is 0 Å². The third-order valence-electron chi connectivity index (χ3n) is 3.85. The Morgan fingerprint density at radius 1 is 1.00 bits per heavy atom. The van der Waals surface area contributed by atoms with Gasteiger partial charge in [0.05, 0.1) is 11.1 Å². The highest BCUT2D eigenvalue weighted by Gasteiger charge is 2.35. The van der Waals surface area contributed by atoms with Crippen LogP contribution in [0.1, 0.15) is 53.3 Å². The van der Waals surface area contributed by atoms with E-state index >= 15 is 0 Å². The second kappa shape index (κ2) is 4.81. The number of imide groups is 1. The molecule has 3 rings (SSSR count). The van der Waals surface area contributed by atoms with Crippen LogP contribution < -0.4 is 0 Å². The second-order valence-corrected chi connectivity index (χ2v) is 5.54. The molecule has 20 heavy (non-hydrogen) atoms. The zero-order valence-corrected chi connectivity index (χ0v) is 11.5. The highest BCUT2D eigenvalue weighted by Crippen LogP contribution is 2.32. The van der Waals surface area contributed by atoms with E-state index in [-0.39, 0.29) is 17.5 Å². The second-order valence-electron chi connectivity index (χ2n) is 5.54. The highest BCUT2D eigenvalue weighted by atomic mass is 16.2. The maximum atomic E-state index is 12.1. The molecule has 0 atom stereocenters. The van der Waals surface area contributed by atoms with E-state index in [1.54, 1.807) is 24.3 Å². The lowest BCUT2D eigenvalue weighted by Crippen LogP contribution is -2.30. The molecule has 5 nitrogen and oxygen atoms in total. The van der Waals surface area contributed by atoms with Gasteiger partial charge >= 0.3 is 0 Å². The summed E-state index contributed by atoms with van der Waals surface area (Å²) in [5.74, 6) is -0.325. The van der Waals surface area contributed by atoms with Crippen LogP contribution in [0, 0.1) is 0 Å². The van der Waals surface area contributed by atoms with Crippen LogP contribution in [0.25, 0.3) is 0 Å². The summed E-state index contributed by atoms with van der Waals surface area (Å²) in [6, 6.07) is 7.01. The van der Waals surface area contributed by atoms with Crippen LogP contribution in [-0.2, 0) is 0 Å². The monoisotopic (exact) mass is 271 g/mol. The number of fused-ring (bicyclic) bond motifs is 1. The van der Waals surface area contributed by atoms with E-state index in [2.05, 4.69) is 10.2 Å². The average Bonchev–Trinajstić information content (AvgIpc) is 3.14. The SMILES string of the molecule is CC1(CCCCCN2C(=O)c3ccccc3C2=O)N=N1. The molecule has 0 radical (unpaired) electrons. The molecule has 0 unspecified atom stereocenters. The molecule has 2 aliphatic heterocycles. The zero-order chi connectivity index (χ0) is 14.2. The standard InChI is InChI=1S/C15H17N3O2/c1-15(16-17-15)9-5-2-6-10-18-13(19)11-7-3-4-8-12(11)14(18)20/h3-4,7-8H,2,5-6,9-10H2,1H3. The Morgan fingerprint density at radius 2 is 1.60 bits per heavy atom. The molecular weight excluding hydrogens is 254 g/mol. The van der Waals surface area contributed by atoms with Gasteiger partial charge in [0.2, 0.25) is 0 Å². The van der Waals surface area contributed by atoms with E-state index in [1.807, 2.05) is 6.92 Å². The van der Waals surface area contributed by atoms with Gasteiger partial charge in [-0.1, -0.05) is 18.6 Å². The summed E-state index contributed by atoms with van der Waals surface area (Å²) in [7, 11) is 0. The molecule has 2 amide bonds. The number of hydrogen-bond donors (Lipinski definition) is 0. The van der Waals surface area contributed by atoms with Crippen molar-refractivity contribution in [3.05, 3.63) is 35.4 Å². The van der Waals surface area contributed by atoms with Crippen LogP contribution in [0.4, 0.5) is 0 Å². The van der Waals surface area contributed by atoms with Crippen LogP contribution in [0.3, 0.4) is 0 Å². The van der Waals surface area contributed by atoms with Crippen molar-refractivity contribution in [1.29, 1.82) is 0 Å². The smallest absolute Gasteiger partial charge is 0.261 e. The molecular formula is C15H17N3O2. The van der Waals surface area contributed by atoms with Gasteiger partial charge in [-0.15, -0.1) is 0 Å². The van der Waals surface area contributed by atoms with Crippen LogP contribution in [0.15, 0.2) is 34.5 Å². The molecule has 0 saturated heterocycles. The van der Waals surface area contributed by atoms with Gasteiger partial charge in [0, 0.05) is 6.54 Å². The number of unbranched alkanes of at least 4 members (excludes halogenated alkanes) is 2. The maximum absolute atomic E-state index is 12.1. The van der Waals surface area contributed by atoms with Gasteiger partial charge in [0.25, 0.3) is 11.8 Å². The predicted molar refractivity (Wildman–Crippen MR) is 73.5 cm³/mol. The number of amides is 2. The van der Waals surface area contributed by atoms with E-state index in [0.717, 1.165) is 25.7 Å². The molecule has 0 saturated carbocycles. The predicted octanol–water partition coefficient (Wildman–Crippen LogP) is 3.03. The Labute approximate surface area is 117 Å². The fourth-order valence-corrected chi connectivity index (χ4v) is 2.53. The van der Waals surface area contributed by atoms with Crippen LogP contribution in [-0.4, -0.2) is 28.9 Å². The number of rotatable bonds is 6. The zero-order valence-electron chi connectivity index (χ0n) is 11.5. The topological polar surface area (TPSA) is 62.1 Å². The van der Waals surface area contributed by atoms with Gasteiger partial charge in [-0.3, -0.25) is 14.5 Å². The van der Waals surface area contributed by atoms with E-state index in [9.17, 15) is 9.59 Å². The summed E-state index contributed by atoms with van der Waals surface area (Å²) in [6.45, 7) is 2.51. The Morgan fingerprint density at radius 3 is 2.15 bits per heavy atom. The van der Waals surface area contributed by atoms with Crippen molar-refractivity contribution in [3.63, 3.8) is 0 Å². The van der Waals surface area contributed by atoms with Crippen molar-refractivity contribution in [2.75, 3.05) is 6.54 Å². The van der Waals surface area contributed by atoms with E-state index in [1.165, 1.54) is 4.90 Å². The Bertz CT molecular complexity index is 554. The lowest BCUT2D eigenvalue weighted by molar-refractivity contribution is 0.0651. The number of benzene rings is 1. The van der Waals surface area contributed by atoms with Crippen molar-refractivity contribution in [2.24, 2.45) is 10.2 Å². The van der Waals surface area contributed by atoms with Crippen molar-refractivity contribution in [3.8, 4) is 0 Å². The summed E-state index contributed by atoms with van der Waals surface area (Å²) < 4.78 is 0. The summed E-state index contributed by atoms with van der Waals surface area (Å²) in [5.41, 5.74) is 0.913. The molecule has 0 fully saturated rings. The first-order chi connectivity index (χ1) is 9.61. The van der Waals surface area contributed by atoms with Crippen molar-refractivity contribution in [2.45, 2.75) is 38.3 Å². The van der Waals surface area contributed by atoms with Crippen molar-refractivity contribution < 1.29 is 9.59 Å². The molecule has 0 aromatic heterocycles. The Balaban J connectivity index is 1.49. The van der Waals surface area contributed by atoms with E-state index in [0.29, 0.717) is 17.7 Å². The van der Waals surface area contributed by atoms with E-state index in [4.69, 9.17) is 0 Å². The van der Waals surface area contributed by atoms with Crippen molar-refractivity contribution in [1.82, 2.24) is 4.90 Å². The van der Waals surface area contributed by atoms with Gasteiger partial charge < -0.3 is 0 Å². The molecule has 0 N–H and O–H groups in total. The molecule has 1 aromatic carbocycles.